The first-order valence-corrected chi connectivity index (χ1v) is 9.53. The Balaban J connectivity index is 1.48. The number of hydrogen-bond acceptors (Lipinski definition) is 5. The van der Waals surface area contributed by atoms with Crippen molar-refractivity contribution in [3.63, 3.8) is 0 Å². The minimum atomic E-state index is -0.352. The van der Waals surface area contributed by atoms with E-state index in [-0.39, 0.29) is 11.5 Å². The molecule has 3 rings (SSSR count). The van der Waals surface area contributed by atoms with Crippen LogP contribution in [0.1, 0.15) is 12.8 Å². The average Bonchev–Trinajstić information content (AvgIpc) is 2.66. The van der Waals surface area contributed by atoms with E-state index in [4.69, 9.17) is 16.0 Å². The van der Waals surface area contributed by atoms with Gasteiger partial charge in [-0.05, 0) is 18.6 Å². The Morgan fingerprint density at radius 1 is 1.19 bits per heavy atom. The number of anilines is 1. The van der Waals surface area contributed by atoms with Gasteiger partial charge in [-0.15, -0.1) is 11.6 Å². The van der Waals surface area contributed by atoms with Gasteiger partial charge in [0.1, 0.15) is 5.58 Å². The Morgan fingerprint density at radius 3 is 2.73 bits per heavy atom. The Labute approximate surface area is 157 Å². The number of carbonyl (C=O) groups is 1. The second kappa shape index (κ2) is 9.05. The fourth-order valence-corrected chi connectivity index (χ4v) is 3.34. The highest BCUT2D eigenvalue weighted by Gasteiger charge is 2.20. The summed E-state index contributed by atoms with van der Waals surface area (Å²) in [5, 5.41) is 4.25. The number of hydrogen-bond donors (Lipinski definition) is 1. The molecule has 1 N–H and O–H groups in total. The predicted molar refractivity (Wildman–Crippen MR) is 104 cm³/mol. The molecule has 0 unspecified atom stereocenters. The molecule has 0 aliphatic carbocycles. The van der Waals surface area contributed by atoms with Gasteiger partial charge in [0.05, 0.1) is 5.69 Å². The van der Waals surface area contributed by atoms with Crippen LogP contribution in [0.3, 0.4) is 0 Å². The molecule has 0 saturated carbocycles. The topological polar surface area (TPSA) is 65.8 Å². The van der Waals surface area contributed by atoms with Crippen LogP contribution < -0.4 is 10.9 Å². The summed E-state index contributed by atoms with van der Waals surface area (Å²) in [5.41, 5.74) is 1.04. The third-order valence-corrected chi connectivity index (χ3v) is 4.91. The number of rotatable bonds is 7. The number of nitrogens with one attached hydrogen (secondary N) is 1. The highest BCUT2D eigenvalue weighted by atomic mass is 35.5. The molecular formula is C19H24ClN3O3. The lowest BCUT2D eigenvalue weighted by atomic mass is 10.2. The van der Waals surface area contributed by atoms with E-state index in [0.29, 0.717) is 17.9 Å². The van der Waals surface area contributed by atoms with E-state index in [9.17, 15) is 9.59 Å². The van der Waals surface area contributed by atoms with Crippen molar-refractivity contribution in [1.29, 1.82) is 0 Å². The minimum Gasteiger partial charge on any atom is -0.423 e. The van der Waals surface area contributed by atoms with E-state index >= 15 is 0 Å². The van der Waals surface area contributed by atoms with E-state index < -0.39 is 0 Å². The van der Waals surface area contributed by atoms with Gasteiger partial charge in [-0.1, -0.05) is 12.1 Å². The summed E-state index contributed by atoms with van der Waals surface area (Å²) >= 11 is 5.65. The van der Waals surface area contributed by atoms with E-state index in [1.807, 2.05) is 23.1 Å². The Hall–Kier alpha value is -2.05. The Kier molecular flexibility index (Phi) is 6.52. The molecule has 0 bridgehead atoms. The van der Waals surface area contributed by atoms with Crippen molar-refractivity contribution >= 4 is 34.2 Å². The molecule has 140 valence electrons. The summed E-state index contributed by atoms with van der Waals surface area (Å²) in [6.07, 6.45) is 1.28. The fourth-order valence-electron chi connectivity index (χ4n) is 3.20. The summed E-state index contributed by atoms with van der Waals surface area (Å²) in [5.74, 6) is 0.732. The summed E-state index contributed by atoms with van der Waals surface area (Å²) in [6, 6.07) is 9.00. The maximum absolute atomic E-state index is 12.0. The number of benzene rings is 1. The van der Waals surface area contributed by atoms with Crippen LogP contribution in [0.2, 0.25) is 0 Å². The van der Waals surface area contributed by atoms with E-state index in [1.54, 1.807) is 6.07 Å². The van der Waals surface area contributed by atoms with Gasteiger partial charge in [0.25, 0.3) is 0 Å². The lowest BCUT2D eigenvalue weighted by Crippen LogP contribution is -2.49. The van der Waals surface area contributed by atoms with Crippen LogP contribution >= 0.6 is 11.6 Å². The molecule has 1 saturated heterocycles. The average molecular weight is 378 g/mol. The molecular weight excluding hydrogens is 354 g/mol. The van der Waals surface area contributed by atoms with Crippen molar-refractivity contribution in [3.8, 4) is 0 Å². The lowest BCUT2D eigenvalue weighted by Gasteiger charge is -2.34. The van der Waals surface area contributed by atoms with Gasteiger partial charge in [0.15, 0.2) is 0 Å². The van der Waals surface area contributed by atoms with Crippen molar-refractivity contribution in [2.45, 2.75) is 12.8 Å². The summed E-state index contributed by atoms with van der Waals surface area (Å²) in [6.45, 7) is 4.85. The Morgan fingerprint density at radius 2 is 1.96 bits per heavy atom. The molecule has 0 atom stereocenters. The molecule has 7 heteroatoms. The van der Waals surface area contributed by atoms with Gasteiger partial charge in [-0.3, -0.25) is 9.69 Å². The molecule has 2 heterocycles. The van der Waals surface area contributed by atoms with Crippen molar-refractivity contribution in [2.24, 2.45) is 0 Å². The summed E-state index contributed by atoms with van der Waals surface area (Å²) < 4.78 is 5.21. The molecule has 26 heavy (non-hydrogen) atoms. The third kappa shape index (κ3) is 4.77. The molecule has 1 aromatic carbocycles. The highest BCUT2D eigenvalue weighted by Crippen LogP contribution is 2.20. The number of halogens is 1. The van der Waals surface area contributed by atoms with Crippen LogP contribution in [0.15, 0.2) is 39.5 Å². The maximum atomic E-state index is 12.0. The summed E-state index contributed by atoms with van der Waals surface area (Å²) in [4.78, 5) is 27.9. The van der Waals surface area contributed by atoms with Crippen LogP contribution in [0.25, 0.3) is 11.0 Å². The van der Waals surface area contributed by atoms with Crippen LogP contribution in [-0.4, -0.2) is 60.9 Å². The van der Waals surface area contributed by atoms with Crippen molar-refractivity contribution in [1.82, 2.24) is 9.80 Å². The number of alkyl halides is 1. The quantitative estimate of drug-likeness (QED) is 0.592. The summed E-state index contributed by atoms with van der Waals surface area (Å²) in [7, 11) is 0. The van der Waals surface area contributed by atoms with Crippen molar-refractivity contribution in [2.75, 3.05) is 50.5 Å². The third-order valence-electron chi connectivity index (χ3n) is 4.64. The normalized spacial score (nSPS) is 15.3. The largest absolute Gasteiger partial charge is 0.423 e. The molecule has 1 aliphatic rings. The lowest BCUT2D eigenvalue weighted by molar-refractivity contribution is -0.132. The first kappa shape index (κ1) is 18.7. The van der Waals surface area contributed by atoms with Gasteiger partial charge in [-0.25, -0.2) is 4.79 Å². The molecule has 0 radical (unpaired) electrons. The molecule has 1 aromatic heterocycles. The molecule has 6 nitrogen and oxygen atoms in total. The van der Waals surface area contributed by atoms with E-state index in [1.165, 1.54) is 6.07 Å². The molecule has 1 aliphatic heterocycles. The van der Waals surface area contributed by atoms with Crippen molar-refractivity contribution in [3.05, 3.63) is 40.8 Å². The maximum Gasteiger partial charge on any atom is 0.338 e. The first-order chi connectivity index (χ1) is 12.7. The molecule has 2 aromatic rings. The minimum absolute atomic E-state index is 0.200. The second-order valence-corrected chi connectivity index (χ2v) is 6.79. The zero-order valence-corrected chi connectivity index (χ0v) is 15.5. The highest BCUT2D eigenvalue weighted by molar-refractivity contribution is 6.17. The van der Waals surface area contributed by atoms with Gasteiger partial charge >= 0.3 is 5.63 Å². The smallest absolute Gasteiger partial charge is 0.338 e. The SMILES string of the molecule is O=C(CCCCl)N1CCN(CCNc2cc(=O)oc3ccccc23)CC1. The molecule has 1 fully saturated rings. The van der Waals surface area contributed by atoms with Crippen molar-refractivity contribution < 1.29 is 9.21 Å². The zero-order chi connectivity index (χ0) is 18.4. The molecule has 0 spiro atoms. The van der Waals surface area contributed by atoms with Crippen LogP contribution in [0.5, 0.6) is 0 Å². The fraction of sp³-hybridized carbons (Fsp3) is 0.474. The number of carbonyl (C=O) groups excluding carboxylic acids is 1. The molecule has 1 amide bonds. The van der Waals surface area contributed by atoms with Gasteiger partial charge in [0, 0.05) is 63.0 Å². The van der Waals surface area contributed by atoms with Gasteiger partial charge in [-0.2, -0.15) is 0 Å². The van der Waals surface area contributed by atoms with E-state index in [2.05, 4.69) is 10.2 Å². The number of nitrogens with zero attached hydrogens (tertiary/aromatic N) is 2. The predicted octanol–water partition coefficient (Wildman–Crippen LogP) is 2.37. The number of para-hydroxylation sites is 1. The van der Waals surface area contributed by atoms with Crippen LogP contribution in [-0.2, 0) is 4.79 Å². The first-order valence-electron chi connectivity index (χ1n) is 9.00. The van der Waals surface area contributed by atoms with E-state index in [0.717, 1.165) is 56.8 Å². The van der Waals surface area contributed by atoms with Crippen LogP contribution in [0.4, 0.5) is 5.69 Å². The Bertz CT molecular complexity index is 800. The number of amides is 1. The monoisotopic (exact) mass is 377 g/mol. The van der Waals surface area contributed by atoms with Crippen LogP contribution in [0, 0.1) is 0 Å². The zero-order valence-electron chi connectivity index (χ0n) is 14.7. The van der Waals surface area contributed by atoms with Gasteiger partial charge in [0.2, 0.25) is 5.91 Å². The second-order valence-electron chi connectivity index (χ2n) is 6.42. The number of fused-ring (bicyclic) bond motifs is 1. The number of piperazine rings is 1. The van der Waals surface area contributed by atoms with Gasteiger partial charge < -0.3 is 14.6 Å². The standard InChI is InChI=1S/C19H24ClN3O3/c20-7-3-6-18(24)23-12-10-22(11-13-23)9-8-21-16-14-19(25)26-17-5-2-1-4-15(16)17/h1-2,4-5,14,21H,3,6-13H2.